The summed E-state index contributed by atoms with van der Waals surface area (Å²) in [5.41, 5.74) is 22.9. The van der Waals surface area contributed by atoms with E-state index in [0.717, 1.165) is 117 Å². The van der Waals surface area contributed by atoms with Gasteiger partial charge in [-0.15, -0.1) is 42.0 Å². The first-order chi connectivity index (χ1) is 40.6. The molecule has 13 aromatic rings. The number of hydrogen-bond donors (Lipinski definition) is 0. The van der Waals surface area contributed by atoms with E-state index >= 15 is 0 Å². The van der Waals surface area contributed by atoms with Gasteiger partial charge in [-0.3, -0.25) is 0 Å². The van der Waals surface area contributed by atoms with Crippen LogP contribution < -0.4 is 14.5 Å². The van der Waals surface area contributed by atoms with E-state index in [1.54, 1.807) is 0 Å². The Labute approximate surface area is 507 Å². The summed E-state index contributed by atoms with van der Waals surface area (Å²) in [5, 5.41) is 2.14. The zero-order valence-corrected chi connectivity index (χ0v) is 49.7. The quantitative estimate of drug-likeness (QED) is 0.121. The number of anilines is 4. The van der Waals surface area contributed by atoms with E-state index in [0.29, 0.717) is 11.5 Å². The van der Waals surface area contributed by atoms with Gasteiger partial charge in [0.05, 0.1) is 0 Å². The minimum absolute atomic E-state index is 0. The molecule has 0 fully saturated rings. The Morgan fingerprint density at radius 2 is 0.988 bits per heavy atom. The molecule has 5 nitrogen and oxygen atoms in total. The Balaban J connectivity index is 0.00000658. The molecule has 11 aromatic carbocycles. The van der Waals surface area contributed by atoms with Gasteiger partial charge in [-0.2, -0.15) is 12.1 Å². The minimum atomic E-state index is 0. The van der Waals surface area contributed by atoms with Crippen molar-refractivity contribution in [1.82, 2.24) is 9.55 Å². The van der Waals surface area contributed by atoms with Crippen molar-refractivity contribution in [3.63, 3.8) is 0 Å². The number of pyridine rings is 1. The van der Waals surface area contributed by atoms with Crippen LogP contribution in [0.3, 0.4) is 0 Å². The summed E-state index contributed by atoms with van der Waals surface area (Å²) in [4.78, 5) is 9.80. The van der Waals surface area contributed by atoms with Crippen molar-refractivity contribution in [3.8, 4) is 84.1 Å². The van der Waals surface area contributed by atoms with Gasteiger partial charge in [0, 0.05) is 78.0 Å². The van der Waals surface area contributed by atoms with E-state index in [-0.39, 0.29) is 26.5 Å². The molecule has 0 N–H and O–H groups in total. The first-order valence-corrected chi connectivity index (χ1v) is 28.4. The fourth-order valence-electron chi connectivity index (χ4n) is 11.8. The van der Waals surface area contributed by atoms with E-state index in [9.17, 15) is 0 Å². The monoisotopic (exact) mass is 1260 g/mol. The SMILES string of the molecule is Cc1ccc(-c2cnc(-n3c4[c-]c(Oc5[c-]c(N6[CH-]N(c7c(-c8ccc(C(C)(C)C)cc8)cccc7-c7cccc(-c8ccccc8)c7)c7ccccc76)ccc5)c(-c5ccccc5)cc4c4cc(-c5ccccc5)ccc43)cc2C)cc1.[Pt]. The Kier molecular flexibility index (Phi) is 14.3. The van der Waals surface area contributed by atoms with Gasteiger partial charge in [-0.05, 0) is 105 Å². The summed E-state index contributed by atoms with van der Waals surface area (Å²) in [6.45, 7) is 13.3. The molecule has 0 atom stereocenters. The number of para-hydroxylation sites is 3. The molecule has 0 saturated carbocycles. The smallest absolute Gasteiger partial charge is 0.135 e. The predicted molar refractivity (Wildman–Crippen MR) is 345 cm³/mol. The molecule has 0 saturated heterocycles. The maximum atomic E-state index is 7.20. The Morgan fingerprint density at radius 3 is 1.67 bits per heavy atom. The topological polar surface area (TPSA) is 33.5 Å². The van der Waals surface area contributed by atoms with Crippen LogP contribution in [0.1, 0.15) is 37.5 Å². The molecule has 0 spiro atoms. The van der Waals surface area contributed by atoms with Crippen LogP contribution in [0.4, 0.5) is 22.7 Å². The normalized spacial score (nSPS) is 12.2. The van der Waals surface area contributed by atoms with E-state index in [2.05, 4.69) is 317 Å². The van der Waals surface area contributed by atoms with Crippen LogP contribution >= 0.6 is 0 Å². The number of fused-ring (bicyclic) bond motifs is 4. The zero-order valence-electron chi connectivity index (χ0n) is 47.4. The van der Waals surface area contributed by atoms with Crippen LogP contribution in [0.15, 0.2) is 261 Å². The summed E-state index contributed by atoms with van der Waals surface area (Å²) in [6, 6.07) is 98.6. The van der Waals surface area contributed by atoms with Gasteiger partial charge in [0.25, 0.3) is 0 Å². The van der Waals surface area contributed by atoms with Crippen molar-refractivity contribution < 1.29 is 25.8 Å². The molecule has 1 aliphatic heterocycles. The number of benzene rings is 11. The molecule has 0 unspecified atom stereocenters. The summed E-state index contributed by atoms with van der Waals surface area (Å²) >= 11 is 0. The minimum Gasteiger partial charge on any atom is -0.509 e. The number of aryl methyl sites for hydroxylation is 2. The van der Waals surface area contributed by atoms with Crippen LogP contribution in [0.2, 0.25) is 0 Å². The van der Waals surface area contributed by atoms with Gasteiger partial charge in [0.2, 0.25) is 0 Å². The van der Waals surface area contributed by atoms with Crippen LogP contribution in [0.5, 0.6) is 11.5 Å². The van der Waals surface area contributed by atoms with Crippen LogP contribution in [0.25, 0.3) is 94.4 Å². The molecule has 0 aliphatic carbocycles. The van der Waals surface area contributed by atoms with Crippen LogP contribution in [0, 0.1) is 32.6 Å². The third kappa shape index (κ3) is 10.1. The van der Waals surface area contributed by atoms with E-state index in [1.165, 1.54) is 16.7 Å². The van der Waals surface area contributed by atoms with E-state index in [4.69, 9.17) is 9.72 Å². The van der Waals surface area contributed by atoms with Crippen molar-refractivity contribution in [2.75, 3.05) is 9.80 Å². The summed E-state index contributed by atoms with van der Waals surface area (Å²) < 4.78 is 9.43. The Morgan fingerprint density at radius 1 is 0.440 bits per heavy atom. The summed E-state index contributed by atoms with van der Waals surface area (Å²) in [5.74, 6) is 1.94. The first-order valence-electron chi connectivity index (χ1n) is 28.4. The Bertz CT molecular complexity index is 4550. The molecule has 0 radical (unpaired) electrons. The maximum Gasteiger partial charge on any atom is 0.135 e. The molecule has 0 amide bonds. The summed E-state index contributed by atoms with van der Waals surface area (Å²) in [7, 11) is 0. The average Bonchev–Trinajstić information content (AvgIpc) is 2.04. The fourth-order valence-corrected chi connectivity index (χ4v) is 11.8. The second kappa shape index (κ2) is 22.3. The second-order valence-corrected chi connectivity index (χ2v) is 22.6. The molecule has 14 rings (SSSR count). The van der Waals surface area contributed by atoms with Gasteiger partial charge >= 0.3 is 0 Å². The van der Waals surface area contributed by atoms with Crippen molar-refractivity contribution in [2.24, 2.45) is 0 Å². The van der Waals surface area contributed by atoms with E-state index in [1.807, 2.05) is 12.3 Å². The van der Waals surface area contributed by atoms with Gasteiger partial charge in [0.15, 0.2) is 0 Å². The molecule has 84 heavy (non-hydrogen) atoms. The second-order valence-electron chi connectivity index (χ2n) is 22.6. The molecule has 0 bridgehead atoms. The third-order valence-electron chi connectivity index (χ3n) is 16.1. The molecular formula is C78H59N4OPt-3. The van der Waals surface area contributed by atoms with Gasteiger partial charge < -0.3 is 19.1 Å². The standard InChI is InChI=1S/C78H59N4O.Pt/c1-52-34-36-58(37-35-52)70-50-79-76(44-53(70)2)82-71-43-40-60(55-22-11-7-12-23-55)46-68(71)69-48-67(56-24-13-8-14-25-56)75(49-74(69)82)83-64-29-18-28-63(47-64)80-51-81(73-33-16-15-32-72(73)80)77-65(57-38-41-62(42-39-57)78(3,4)5)30-19-31-66(77)61-27-17-26-59(45-61)54-20-9-6-10-21-54;/h6-46,48,50-51H,1-5H3;/q-3;. The van der Waals surface area contributed by atoms with Gasteiger partial charge in [-0.1, -0.05) is 243 Å². The largest absolute Gasteiger partial charge is 0.509 e. The molecule has 1 aliphatic rings. The van der Waals surface area contributed by atoms with Crippen molar-refractivity contribution in [1.29, 1.82) is 0 Å². The molecule has 410 valence electrons. The average molecular weight is 1260 g/mol. The molecule has 3 heterocycles. The predicted octanol–water partition coefficient (Wildman–Crippen LogP) is 20.9. The zero-order chi connectivity index (χ0) is 56.2. The number of hydrogen-bond acceptors (Lipinski definition) is 4. The third-order valence-corrected chi connectivity index (χ3v) is 16.1. The molecule has 2 aromatic heterocycles. The number of nitrogens with zero attached hydrogens (tertiary/aromatic N) is 4. The number of ether oxygens (including phenoxy) is 1. The van der Waals surface area contributed by atoms with Crippen molar-refractivity contribution in [2.45, 2.75) is 40.0 Å². The maximum absolute atomic E-state index is 7.20. The Hall–Kier alpha value is -9.54. The first kappa shape index (κ1) is 53.8. The van der Waals surface area contributed by atoms with Crippen LogP contribution in [-0.4, -0.2) is 9.55 Å². The van der Waals surface area contributed by atoms with Crippen molar-refractivity contribution in [3.05, 3.63) is 296 Å². The van der Waals surface area contributed by atoms with Crippen molar-refractivity contribution >= 4 is 44.6 Å². The molecule has 6 heteroatoms. The molecular weight excluding hydrogens is 1200 g/mol. The van der Waals surface area contributed by atoms with E-state index < -0.39 is 0 Å². The van der Waals surface area contributed by atoms with Crippen LogP contribution in [-0.2, 0) is 26.5 Å². The fraction of sp³-hybridized carbons (Fsp3) is 0.0769. The number of aromatic nitrogens is 2. The number of rotatable bonds is 11. The van der Waals surface area contributed by atoms with Gasteiger partial charge in [-0.25, -0.2) is 4.98 Å². The van der Waals surface area contributed by atoms with Gasteiger partial charge in [0.1, 0.15) is 5.82 Å². The summed E-state index contributed by atoms with van der Waals surface area (Å²) in [6.07, 6.45) is 2.00.